The van der Waals surface area contributed by atoms with Crippen molar-refractivity contribution in [2.24, 2.45) is 11.7 Å². The van der Waals surface area contributed by atoms with Crippen molar-refractivity contribution in [1.29, 1.82) is 0 Å². The van der Waals surface area contributed by atoms with Crippen LogP contribution in [0.2, 0.25) is 0 Å². The molecule has 3 nitrogen and oxygen atoms in total. The molecular weight excluding hydrogens is 153 g/mol. The number of carboxylic acids is 1. The van der Waals surface area contributed by atoms with Gasteiger partial charge in [-0.2, -0.15) is 0 Å². The van der Waals surface area contributed by atoms with E-state index in [-0.39, 0.29) is 35.5 Å². The fourth-order valence-electron chi connectivity index (χ4n) is 1.51. The van der Waals surface area contributed by atoms with Crippen molar-refractivity contribution < 1.29 is 39.5 Å². The van der Waals surface area contributed by atoms with Gasteiger partial charge in [-0.1, -0.05) is 12.8 Å². The number of aliphatic carboxylic acids is 1. The molecule has 1 rings (SSSR count). The van der Waals surface area contributed by atoms with Gasteiger partial charge in [-0.05, 0) is 18.8 Å². The molecule has 0 aromatic heterocycles. The number of carbonyl (C=O) groups is 1. The van der Waals surface area contributed by atoms with Gasteiger partial charge in [-0.25, -0.2) is 0 Å². The van der Waals surface area contributed by atoms with Gasteiger partial charge >= 0.3 is 29.6 Å². The van der Waals surface area contributed by atoms with Crippen LogP contribution in [0.4, 0.5) is 0 Å². The van der Waals surface area contributed by atoms with E-state index in [0.29, 0.717) is 0 Å². The third-order valence-electron chi connectivity index (χ3n) is 2.18. The van der Waals surface area contributed by atoms with Gasteiger partial charge < -0.3 is 15.6 Å². The molecule has 0 heterocycles. The molecule has 1 saturated carbocycles. The molecule has 11 heavy (non-hydrogen) atoms. The maximum Gasteiger partial charge on any atom is 1.00 e. The van der Waals surface area contributed by atoms with Crippen LogP contribution in [0.3, 0.4) is 0 Å². The summed E-state index contributed by atoms with van der Waals surface area (Å²) in [5, 5.41) is 10.3. The zero-order valence-electron chi connectivity index (χ0n) is 6.88. The Kier molecular flexibility index (Phi) is 5.34. The molecule has 2 N–H and O–H groups in total. The molecule has 0 aromatic carbocycles. The summed E-state index contributed by atoms with van der Waals surface area (Å²) in [4.78, 5) is 10.3. The van der Waals surface area contributed by atoms with Crippen LogP contribution in [0.5, 0.6) is 0 Å². The van der Waals surface area contributed by atoms with Gasteiger partial charge in [0, 0.05) is 6.04 Å². The fourth-order valence-corrected chi connectivity index (χ4v) is 1.51. The monoisotopic (exact) mass is 165 g/mol. The van der Waals surface area contributed by atoms with E-state index >= 15 is 0 Å². The molecule has 0 saturated heterocycles. The minimum absolute atomic E-state index is 0. The molecule has 1 atom stereocenters. The van der Waals surface area contributed by atoms with Gasteiger partial charge in [0.25, 0.3) is 0 Å². The number of rotatable bonds is 2. The molecule has 1 aliphatic carbocycles. The zero-order valence-corrected chi connectivity index (χ0v) is 8.88. The molecule has 58 valence electrons. The number of nitrogens with two attached hydrogens (primary N) is 1. The van der Waals surface area contributed by atoms with Gasteiger partial charge in [0.05, 0.1) is 5.97 Å². The first-order valence-corrected chi connectivity index (χ1v) is 3.68. The normalized spacial score (nSPS) is 20.8. The van der Waals surface area contributed by atoms with Gasteiger partial charge in [0.15, 0.2) is 0 Å². The summed E-state index contributed by atoms with van der Waals surface area (Å²) in [7, 11) is 0. The van der Waals surface area contributed by atoms with Crippen molar-refractivity contribution in [2.75, 3.05) is 0 Å². The quantitative estimate of drug-likeness (QED) is 0.428. The van der Waals surface area contributed by atoms with Crippen molar-refractivity contribution in [3.8, 4) is 0 Å². The molecule has 0 radical (unpaired) electrons. The Balaban J connectivity index is 0.000001000. The molecule has 0 amide bonds. The SMILES string of the molecule is NC(C(=O)[O-])C1CCCC1.[Na+]. The molecule has 0 aromatic rings. The van der Waals surface area contributed by atoms with E-state index in [1.807, 2.05) is 0 Å². The molecule has 1 fully saturated rings. The van der Waals surface area contributed by atoms with Crippen LogP contribution in [0.1, 0.15) is 25.7 Å². The Morgan fingerprint density at radius 1 is 1.45 bits per heavy atom. The van der Waals surface area contributed by atoms with E-state index in [4.69, 9.17) is 5.73 Å². The van der Waals surface area contributed by atoms with Crippen LogP contribution in [-0.4, -0.2) is 12.0 Å². The molecule has 0 spiro atoms. The van der Waals surface area contributed by atoms with Crippen molar-refractivity contribution >= 4 is 5.97 Å². The van der Waals surface area contributed by atoms with Crippen molar-refractivity contribution in [3.63, 3.8) is 0 Å². The van der Waals surface area contributed by atoms with Crippen LogP contribution >= 0.6 is 0 Å². The fraction of sp³-hybridized carbons (Fsp3) is 0.857. The average Bonchev–Trinajstić information content (AvgIpc) is 2.36. The first-order chi connectivity index (χ1) is 4.72. The predicted octanol–water partition coefficient (Wildman–Crippen LogP) is -3.74. The maximum absolute atomic E-state index is 10.3. The summed E-state index contributed by atoms with van der Waals surface area (Å²) < 4.78 is 0. The zero-order chi connectivity index (χ0) is 7.56. The van der Waals surface area contributed by atoms with E-state index in [9.17, 15) is 9.90 Å². The smallest absolute Gasteiger partial charge is 0.548 e. The minimum Gasteiger partial charge on any atom is -0.548 e. The molecule has 1 aliphatic rings. The molecule has 0 bridgehead atoms. The summed E-state index contributed by atoms with van der Waals surface area (Å²) in [5.74, 6) is -0.933. The second-order valence-electron chi connectivity index (χ2n) is 2.89. The number of carboxylic acid groups (broad SMARTS) is 1. The van der Waals surface area contributed by atoms with Gasteiger partial charge in [-0.15, -0.1) is 0 Å². The average molecular weight is 165 g/mol. The van der Waals surface area contributed by atoms with E-state index in [2.05, 4.69) is 0 Å². The van der Waals surface area contributed by atoms with Crippen LogP contribution in [0, 0.1) is 5.92 Å². The molecule has 0 aliphatic heterocycles. The Morgan fingerprint density at radius 3 is 2.27 bits per heavy atom. The van der Waals surface area contributed by atoms with Gasteiger partial charge in [0.2, 0.25) is 0 Å². The van der Waals surface area contributed by atoms with Gasteiger partial charge in [-0.3, -0.25) is 0 Å². The molecule has 1 unspecified atom stereocenters. The van der Waals surface area contributed by atoms with Crippen LogP contribution < -0.4 is 40.4 Å². The molecular formula is C7H12NNaO2. The Morgan fingerprint density at radius 2 is 1.91 bits per heavy atom. The van der Waals surface area contributed by atoms with Crippen molar-refractivity contribution in [1.82, 2.24) is 0 Å². The largest absolute Gasteiger partial charge is 1.00 e. The standard InChI is InChI=1S/C7H13NO2.Na/c8-6(7(9)10)5-3-1-2-4-5;/h5-6H,1-4,8H2,(H,9,10);/q;+1/p-1. The Labute approximate surface area is 88.6 Å². The second kappa shape index (κ2) is 5.14. The van der Waals surface area contributed by atoms with E-state index in [0.717, 1.165) is 25.7 Å². The third kappa shape index (κ3) is 3.11. The topological polar surface area (TPSA) is 66.2 Å². The first-order valence-electron chi connectivity index (χ1n) is 3.68. The van der Waals surface area contributed by atoms with Gasteiger partial charge in [0.1, 0.15) is 0 Å². The first kappa shape index (κ1) is 11.4. The number of hydrogen-bond donors (Lipinski definition) is 1. The van der Waals surface area contributed by atoms with E-state index in [1.54, 1.807) is 0 Å². The van der Waals surface area contributed by atoms with Crippen LogP contribution in [-0.2, 0) is 4.79 Å². The van der Waals surface area contributed by atoms with Crippen LogP contribution in [0.25, 0.3) is 0 Å². The maximum atomic E-state index is 10.3. The second-order valence-corrected chi connectivity index (χ2v) is 2.89. The van der Waals surface area contributed by atoms with Crippen molar-refractivity contribution in [2.45, 2.75) is 31.7 Å². The number of hydrogen-bond acceptors (Lipinski definition) is 3. The number of carbonyl (C=O) groups excluding carboxylic acids is 1. The van der Waals surface area contributed by atoms with Crippen molar-refractivity contribution in [3.05, 3.63) is 0 Å². The van der Waals surface area contributed by atoms with E-state index < -0.39 is 12.0 Å². The minimum atomic E-state index is -1.10. The molecule has 4 heteroatoms. The summed E-state index contributed by atoms with van der Waals surface area (Å²) in [6.45, 7) is 0. The third-order valence-corrected chi connectivity index (χ3v) is 2.18. The Bertz CT molecular complexity index is 134. The van der Waals surface area contributed by atoms with Crippen LogP contribution in [0.15, 0.2) is 0 Å². The summed E-state index contributed by atoms with van der Waals surface area (Å²) in [5.41, 5.74) is 5.36. The van der Waals surface area contributed by atoms with E-state index in [1.165, 1.54) is 0 Å². The predicted molar refractivity (Wildman–Crippen MR) is 34.9 cm³/mol. The summed E-state index contributed by atoms with van der Waals surface area (Å²) >= 11 is 0. The Hall–Kier alpha value is 0.430. The summed E-state index contributed by atoms with van der Waals surface area (Å²) in [6.07, 6.45) is 4.14. The summed E-state index contributed by atoms with van der Waals surface area (Å²) in [6, 6.07) is -0.734.